The van der Waals surface area contributed by atoms with Crippen LogP contribution in [0.3, 0.4) is 0 Å². The van der Waals surface area contributed by atoms with Gasteiger partial charge in [-0.1, -0.05) is 42.0 Å². The number of nitrogens with one attached hydrogen (secondary N) is 1. The molecule has 27 heavy (non-hydrogen) atoms. The van der Waals surface area contributed by atoms with E-state index in [9.17, 15) is 4.79 Å². The Hall–Kier alpha value is -2.19. The molecule has 2 aromatic heterocycles. The summed E-state index contributed by atoms with van der Waals surface area (Å²) in [6, 6.07) is 16.5. The molecule has 0 saturated heterocycles. The van der Waals surface area contributed by atoms with Crippen molar-refractivity contribution in [2.45, 2.75) is 19.9 Å². The van der Waals surface area contributed by atoms with Gasteiger partial charge in [-0.2, -0.15) is 0 Å². The fourth-order valence-electron chi connectivity index (χ4n) is 2.85. The van der Waals surface area contributed by atoms with Crippen molar-refractivity contribution in [2.75, 3.05) is 0 Å². The van der Waals surface area contributed by atoms with Crippen LogP contribution in [0.5, 0.6) is 0 Å². The molecule has 0 unspecified atom stereocenters. The highest BCUT2D eigenvalue weighted by Crippen LogP contribution is 2.24. The molecule has 2 aromatic carbocycles. The summed E-state index contributed by atoms with van der Waals surface area (Å²) in [6.45, 7) is 2.62. The largest absolute Gasteiger partial charge is 0.352 e. The maximum atomic E-state index is 12.4. The number of nitrogens with zero attached hydrogens (tertiary/aromatic N) is 2. The van der Waals surface area contributed by atoms with Crippen LogP contribution in [-0.2, 0) is 17.8 Å². The summed E-state index contributed by atoms with van der Waals surface area (Å²) in [5, 5.41) is 5.00. The number of thiazole rings is 1. The third-order valence-electron chi connectivity index (χ3n) is 4.38. The molecule has 0 aliphatic rings. The summed E-state index contributed by atoms with van der Waals surface area (Å²) in [5.74, 6) is 0.0128. The number of halogens is 1. The lowest BCUT2D eigenvalue weighted by Gasteiger charge is -2.05. The van der Waals surface area contributed by atoms with Gasteiger partial charge in [0.1, 0.15) is 0 Å². The van der Waals surface area contributed by atoms with Crippen LogP contribution in [-0.4, -0.2) is 15.3 Å². The number of aryl methyl sites for hydroxylation is 1. The summed E-state index contributed by atoms with van der Waals surface area (Å²) in [6.07, 6.45) is 2.35. The van der Waals surface area contributed by atoms with Gasteiger partial charge in [0.15, 0.2) is 4.96 Å². The first-order chi connectivity index (χ1) is 13.1. The second-order valence-electron chi connectivity index (χ2n) is 6.45. The van der Waals surface area contributed by atoms with E-state index in [2.05, 4.69) is 59.1 Å². The Balaban J connectivity index is 1.46. The smallest absolute Gasteiger partial charge is 0.226 e. The molecule has 0 aliphatic carbocycles. The summed E-state index contributed by atoms with van der Waals surface area (Å²) >= 11 is 3.83. The molecule has 6 heteroatoms. The van der Waals surface area contributed by atoms with E-state index < -0.39 is 0 Å². The molecule has 2 heterocycles. The van der Waals surface area contributed by atoms with E-state index in [0.717, 1.165) is 27.5 Å². The van der Waals surface area contributed by atoms with Crippen molar-refractivity contribution in [2.24, 2.45) is 0 Å². The molecule has 0 aliphatic heterocycles. The number of imidazole rings is 1. The van der Waals surface area contributed by atoms with Gasteiger partial charge in [-0.25, -0.2) is 4.98 Å². The molecule has 0 radical (unpaired) electrons. The second kappa shape index (κ2) is 7.82. The fourth-order valence-corrected chi connectivity index (χ4v) is 4.08. The standard InChI is InChI=1S/C21H18IN3OS/c1-14-2-6-16(7-3-14)19-12-25-18(13-27-21(25)24-19)10-20(26)23-11-15-4-8-17(22)9-5-15/h2-9,12-13H,10-11H2,1H3,(H,23,26). The van der Waals surface area contributed by atoms with Gasteiger partial charge in [0.05, 0.1) is 12.1 Å². The van der Waals surface area contributed by atoms with Crippen LogP contribution in [0.1, 0.15) is 16.8 Å². The summed E-state index contributed by atoms with van der Waals surface area (Å²) in [5.41, 5.74) is 5.31. The van der Waals surface area contributed by atoms with Crippen molar-refractivity contribution in [3.8, 4) is 11.3 Å². The predicted octanol–water partition coefficient (Wildman–Crippen LogP) is 4.83. The lowest BCUT2D eigenvalue weighted by Crippen LogP contribution is -2.24. The van der Waals surface area contributed by atoms with Gasteiger partial charge in [-0.05, 0) is 47.2 Å². The maximum absolute atomic E-state index is 12.4. The first-order valence-corrected chi connectivity index (χ1v) is 10.6. The van der Waals surface area contributed by atoms with E-state index in [0.29, 0.717) is 13.0 Å². The average molecular weight is 487 g/mol. The van der Waals surface area contributed by atoms with Crippen molar-refractivity contribution in [1.29, 1.82) is 0 Å². The van der Waals surface area contributed by atoms with Crippen molar-refractivity contribution in [1.82, 2.24) is 14.7 Å². The maximum Gasteiger partial charge on any atom is 0.226 e. The molecule has 0 spiro atoms. The fraction of sp³-hybridized carbons (Fsp3) is 0.143. The molecule has 136 valence electrons. The predicted molar refractivity (Wildman–Crippen MR) is 118 cm³/mol. The van der Waals surface area contributed by atoms with Gasteiger partial charge < -0.3 is 5.32 Å². The Labute approximate surface area is 175 Å². The third kappa shape index (κ3) is 4.22. The SMILES string of the molecule is Cc1ccc(-c2cn3c(CC(=O)NCc4ccc(I)cc4)csc3n2)cc1. The average Bonchev–Trinajstić information content (AvgIpc) is 3.24. The number of amides is 1. The minimum atomic E-state index is 0.0128. The summed E-state index contributed by atoms with van der Waals surface area (Å²) in [4.78, 5) is 18.0. The minimum absolute atomic E-state index is 0.0128. The van der Waals surface area contributed by atoms with Crippen LogP contribution in [0.4, 0.5) is 0 Å². The zero-order valence-corrected chi connectivity index (χ0v) is 17.8. The molecule has 0 bridgehead atoms. The number of fused-ring (bicyclic) bond motifs is 1. The number of benzene rings is 2. The lowest BCUT2D eigenvalue weighted by molar-refractivity contribution is -0.120. The number of hydrogen-bond acceptors (Lipinski definition) is 3. The van der Waals surface area contributed by atoms with E-state index >= 15 is 0 Å². The molecule has 0 fully saturated rings. The Kier molecular flexibility index (Phi) is 5.27. The summed E-state index contributed by atoms with van der Waals surface area (Å²) in [7, 11) is 0. The molecule has 0 saturated carbocycles. The molecular formula is C21H18IN3OS. The summed E-state index contributed by atoms with van der Waals surface area (Å²) < 4.78 is 3.21. The van der Waals surface area contributed by atoms with E-state index in [1.165, 1.54) is 9.13 Å². The van der Waals surface area contributed by atoms with Gasteiger partial charge in [0, 0.05) is 32.9 Å². The number of carbonyl (C=O) groups is 1. The monoisotopic (exact) mass is 487 g/mol. The minimum Gasteiger partial charge on any atom is -0.352 e. The Morgan fingerprint density at radius 2 is 1.89 bits per heavy atom. The van der Waals surface area contributed by atoms with Crippen molar-refractivity contribution in [3.63, 3.8) is 0 Å². The normalized spacial score (nSPS) is 11.0. The van der Waals surface area contributed by atoms with Gasteiger partial charge in [-0.15, -0.1) is 11.3 Å². The molecule has 0 atom stereocenters. The number of hydrogen-bond donors (Lipinski definition) is 1. The van der Waals surface area contributed by atoms with E-state index in [1.54, 1.807) is 11.3 Å². The van der Waals surface area contributed by atoms with Crippen LogP contribution < -0.4 is 5.32 Å². The van der Waals surface area contributed by atoms with Gasteiger partial charge in [0.2, 0.25) is 5.91 Å². The highest BCUT2D eigenvalue weighted by Gasteiger charge is 2.12. The second-order valence-corrected chi connectivity index (χ2v) is 8.53. The number of carbonyl (C=O) groups excluding carboxylic acids is 1. The Bertz CT molecular complexity index is 1080. The molecule has 4 nitrogen and oxygen atoms in total. The molecule has 1 N–H and O–H groups in total. The van der Waals surface area contributed by atoms with Crippen LogP contribution in [0, 0.1) is 10.5 Å². The van der Waals surface area contributed by atoms with Crippen LogP contribution >= 0.6 is 33.9 Å². The van der Waals surface area contributed by atoms with Crippen LogP contribution in [0.15, 0.2) is 60.1 Å². The zero-order chi connectivity index (χ0) is 18.8. The molecule has 4 aromatic rings. The Morgan fingerprint density at radius 3 is 2.63 bits per heavy atom. The van der Waals surface area contributed by atoms with Crippen molar-refractivity contribution >= 4 is 44.8 Å². The van der Waals surface area contributed by atoms with Crippen LogP contribution in [0.25, 0.3) is 16.2 Å². The first kappa shape index (κ1) is 18.2. The highest BCUT2D eigenvalue weighted by atomic mass is 127. The van der Waals surface area contributed by atoms with E-state index in [-0.39, 0.29) is 5.91 Å². The van der Waals surface area contributed by atoms with E-state index in [4.69, 9.17) is 4.98 Å². The van der Waals surface area contributed by atoms with Gasteiger partial charge in [0.25, 0.3) is 0 Å². The number of rotatable bonds is 5. The Morgan fingerprint density at radius 1 is 1.15 bits per heavy atom. The first-order valence-electron chi connectivity index (χ1n) is 8.62. The molecular weight excluding hydrogens is 469 g/mol. The van der Waals surface area contributed by atoms with Gasteiger partial charge in [-0.3, -0.25) is 9.20 Å². The number of aromatic nitrogens is 2. The topological polar surface area (TPSA) is 46.4 Å². The van der Waals surface area contributed by atoms with Crippen molar-refractivity contribution in [3.05, 3.63) is 80.5 Å². The van der Waals surface area contributed by atoms with Crippen LogP contribution in [0.2, 0.25) is 0 Å². The molecule has 4 rings (SSSR count). The van der Waals surface area contributed by atoms with E-state index in [1.807, 2.05) is 40.2 Å². The van der Waals surface area contributed by atoms with Gasteiger partial charge >= 0.3 is 0 Å². The third-order valence-corrected chi connectivity index (χ3v) is 5.98. The lowest BCUT2D eigenvalue weighted by atomic mass is 10.1. The van der Waals surface area contributed by atoms with Crippen molar-refractivity contribution < 1.29 is 4.79 Å². The quantitative estimate of drug-likeness (QED) is 0.410. The zero-order valence-electron chi connectivity index (χ0n) is 14.8. The molecule has 1 amide bonds. The highest BCUT2D eigenvalue weighted by molar-refractivity contribution is 14.1.